The first kappa shape index (κ1) is 17.6. The second kappa shape index (κ2) is 6.96. The lowest BCUT2D eigenvalue weighted by atomic mass is 9.76. The Morgan fingerprint density at radius 2 is 1.96 bits per heavy atom. The molecule has 0 fully saturated rings. The van der Waals surface area contributed by atoms with Crippen LogP contribution < -0.4 is 5.32 Å². The van der Waals surface area contributed by atoms with Gasteiger partial charge < -0.3 is 0 Å². The molecule has 1 N–H and O–H groups in total. The summed E-state index contributed by atoms with van der Waals surface area (Å²) in [4.78, 5) is 33.8. The molecule has 2 aromatic rings. The van der Waals surface area contributed by atoms with Crippen LogP contribution in [0.3, 0.4) is 0 Å². The fourth-order valence-corrected chi connectivity index (χ4v) is 3.53. The topological polar surface area (TPSA) is 72.0 Å². The van der Waals surface area contributed by atoms with Crippen molar-refractivity contribution in [1.29, 1.82) is 0 Å². The molecule has 6 heteroatoms. The van der Waals surface area contributed by atoms with Gasteiger partial charge in [-0.15, -0.1) is 11.8 Å². The molecule has 1 heterocycles. The number of aromatic nitrogens is 2. The smallest absolute Gasteiger partial charge is 0.237 e. The summed E-state index contributed by atoms with van der Waals surface area (Å²) in [6.07, 6.45) is 2.74. The van der Waals surface area contributed by atoms with E-state index in [1.807, 2.05) is 45.0 Å². The van der Waals surface area contributed by atoms with Crippen LogP contribution in [0, 0.1) is 12.3 Å². The Labute approximate surface area is 151 Å². The van der Waals surface area contributed by atoms with Gasteiger partial charge in [-0.3, -0.25) is 14.9 Å². The maximum absolute atomic E-state index is 12.1. The molecule has 0 aliphatic heterocycles. The zero-order valence-corrected chi connectivity index (χ0v) is 15.4. The number of anilines is 1. The Hall–Kier alpha value is -2.21. The minimum Gasteiger partial charge on any atom is -0.294 e. The van der Waals surface area contributed by atoms with Crippen LogP contribution >= 0.6 is 11.8 Å². The van der Waals surface area contributed by atoms with Crippen molar-refractivity contribution in [3.8, 4) is 0 Å². The van der Waals surface area contributed by atoms with E-state index in [4.69, 9.17) is 0 Å². The van der Waals surface area contributed by atoms with Crippen molar-refractivity contribution in [3.63, 3.8) is 0 Å². The molecule has 1 aromatic carbocycles. The predicted octanol–water partition coefficient (Wildman–Crippen LogP) is 3.67. The Kier molecular flexibility index (Phi) is 4.90. The minimum atomic E-state index is -0.160. The van der Waals surface area contributed by atoms with Crippen LogP contribution in [0.1, 0.15) is 41.9 Å². The van der Waals surface area contributed by atoms with E-state index in [1.54, 1.807) is 0 Å². The Morgan fingerprint density at radius 3 is 2.68 bits per heavy atom. The quantitative estimate of drug-likeness (QED) is 0.847. The second-order valence-corrected chi connectivity index (χ2v) is 8.19. The van der Waals surface area contributed by atoms with Gasteiger partial charge in [-0.05, 0) is 30.9 Å². The number of nitrogens with zero attached hydrogens (tertiary/aromatic N) is 2. The lowest BCUT2D eigenvalue weighted by Gasteiger charge is -2.29. The third-order valence-electron chi connectivity index (χ3n) is 4.10. The molecule has 0 spiro atoms. The molecule has 0 unspecified atom stereocenters. The van der Waals surface area contributed by atoms with E-state index in [1.165, 1.54) is 23.5 Å². The summed E-state index contributed by atoms with van der Waals surface area (Å²) < 4.78 is 0. The number of thioether (sulfide) groups is 1. The van der Waals surface area contributed by atoms with Crippen molar-refractivity contribution in [1.82, 2.24) is 9.97 Å². The first-order chi connectivity index (χ1) is 11.8. The largest absolute Gasteiger partial charge is 0.294 e. The van der Waals surface area contributed by atoms with Gasteiger partial charge in [0, 0.05) is 17.5 Å². The molecule has 130 valence electrons. The van der Waals surface area contributed by atoms with Crippen LogP contribution in [-0.2, 0) is 11.2 Å². The summed E-state index contributed by atoms with van der Waals surface area (Å²) in [5.74, 6) is 0.457. The molecule has 1 aromatic heterocycles. The molecule has 0 bridgehead atoms. The molecule has 25 heavy (non-hydrogen) atoms. The first-order valence-electron chi connectivity index (χ1n) is 8.21. The Balaban J connectivity index is 1.64. The number of benzene rings is 1. The maximum atomic E-state index is 12.1. The van der Waals surface area contributed by atoms with Gasteiger partial charge in [0.25, 0.3) is 0 Å². The fraction of sp³-hybridized carbons (Fsp3) is 0.368. The van der Waals surface area contributed by atoms with Gasteiger partial charge in [0.2, 0.25) is 11.9 Å². The SMILES string of the molecule is Cc1ccc(SCC(=O)Nc2ncc3c(n2)CC(C)(C)CC3=O)cc1. The zero-order valence-electron chi connectivity index (χ0n) is 14.6. The van der Waals surface area contributed by atoms with Crippen LogP contribution in [-0.4, -0.2) is 27.4 Å². The van der Waals surface area contributed by atoms with E-state index < -0.39 is 0 Å². The van der Waals surface area contributed by atoms with E-state index >= 15 is 0 Å². The molecule has 1 aliphatic rings. The summed E-state index contributed by atoms with van der Waals surface area (Å²) >= 11 is 1.46. The predicted molar refractivity (Wildman–Crippen MR) is 99.0 cm³/mol. The van der Waals surface area contributed by atoms with Gasteiger partial charge in [0.1, 0.15) is 0 Å². The number of Topliss-reactive ketones (excluding diaryl/α,β-unsaturated/α-hetero) is 1. The first-order valence-corrected chi connectivity index (χ1v) is 9.19. The molecule has 0 saturated carbocycles. The molecule has 1 amide bonds. The average molecular weight is 355 g/mol. The van der Waals surface area contributed by atoms with E-state index in [2.05, 4.69) is 15.3 Å². The van der Waals surface area contributed by atoms with Gasteiger partial charge in [-0.2, -0.15) is 0 Å². The fourth-order valence-electron chi connectivity index (χ4n) is 2.83. The summed E-state index contributed by atoms with van der Waals surface area (Å²) in [6.45, 7) is 6.12. The van der Waals surface area contributed by atoms with Crippen molar-refractivity contribution in [2.75, 3.05) is 11.1 Å². The number of fused-ring (bicyclic) bond motifs is 1. The molecule has 0 radical (unpaired) electrons. The van der Waals surface area contributed by atoms with Crippen molar-refractivity contribution in [2.45, 2.75) is 38.5 Å². The van der Waals surface area contributed by atoms with Crippen LogP contribution in [0.2, 0.25) is 0 Å². The van der Waals surface area contributed by atoms with Gasteiger partial charge in [0.05, 0.1) is 17.0 Å². The highest BCUT2D eigenvalue weighted by molar-refractivity contribution is 8.00. The standard InChI is InChI=1S/C19H21N3O2S/c1-12-4-6-13(7-5-12)25-11-17(24)22-18-20-10-14-15(21-18)8-19(2,3)9-16(14)23/h4-7,10H,8-9,11H2,1-3H3,(H,20,21,22,24). The lowest BCUT2D eigenvalue weighted by Crippen LogP contribution is -2.28. The Morgan fingerprint density at radius 1 is 1.24 bits per heavy atom. The number of rotatable bonds is 4. The molecule has 1 aliphatic carbocycles. The molecular formula is C19H21N3O2S. The van der Waals surface area contributed by atoms with Crippen molar-refractivity contribution < 1.29 is 9.59 Å². The van der Waals surface area contributed by atoms with E-state index in [9.17, 15) is 9.59 Å². The zero-order chi connectivity index (χ0) is 18.0. The molecular weight excluding hydrogens is 334 g/mol. The summed E-state index contributed by atoms with van der Waals surface area (Å²) in [5.41, 5.74) is 2.37. The Bertz CT molecular complexity index is 816. The number of carbonyl (C=O) groups is 2. The molecule has 0 saturated heterocycles. The number of carbonyl (C=O) groups excluding carboxylic acids is 2. The van der Waals surface area contributed by atoms with Crippen molar-refractivity contribution in [3.05, 3.63) is 47.3 Å². The van der Waals surface area contributed by atoms with Crippen molar-refractivity contribution in [2.24, 2.45) is 5.41 Å². The number of nitrogens with one attached hydrogen (secondary N) is 1. The average Bonchev–Trinajstić information content (AvgIpc) is 2.53. The van der Waals surface area contributed by atoms with Crippen LogP contribution in [0.5, 0.6) is 0 Å². The lowest BCUT2D eigenvalue weighted by molar-refractivity contribution is -0.113. The highest BCUT2D eigenvalue weighted by Crippen LogP contribution is 2.33. The van der Waals surface area contributed by atoms with Gasteiger partial charge in [-0.1, -0.05) is 31.5 Å². The van der Waals surface area contributed by atoms with E-state index in [0.717, 1.165) is 10.6 Å². The van der Waals surface area contributed by atoms with E-state index in [0.29, 0.717) is 18.4 Å². The maximum Gasteiger partial charge on any atom is 0.237 e. The third kappa shape index (κ3) is 4.45. The summed E-state index contributed by atoms with van der Waals surface area (Å²) in [6, 6.07) is 8.03. The molecule has 5 nitrogen and oxygen atoms in total. The summed E-state index contributed by atoms with van der Waals surface area (Å²) in [5, 5.41) is 2.72. The number of amides is 1. The van der Waals surface area contributed by atoms with Crippen LogP contribution in [0.25, 0.3) is 0 Å². The monoisotopic (exact) mass is 355 g/mol. The van der Waals surface area contributed by atoms with E-state index in [-0.39, 0.29) is 28.8 Å². The molecule has 3 rings (SSSR count). The number of aryl methyl sites for hydroxylation is 1. The van der Waals surface area contributed by atoms with Crippen LogP contribution in [0.15, 0.2) is 35.4 Å². The second-order valence-electron chi connectivity index (χ2n) is 7.14. The highest BCUT2D eigenvalue weighted by atomic mass is 32.2. The summed E-state index contributed by atoms with van der Waals surface area (Å²) in [7, 11) is 0. The van der Waals surface area contributed by atoms with Gasteiger partial charge in [-0.25, -0.2) is 9.97 Å². The highest BCUT2D eigenvalue weighted by Gasteiger charge is 2.32. The molecule has 0 atom stereocenters. The minimum absolute atomic E-state index is 0.0686. The number of hydrogen-bond donors (Lipinski definition) is 1. The number of hydrogen-bond acceptors (Lipinski definition) is 5. The van der Waals surface area contributed by atoms with Gasteiger partial charge in [0.15, 0.2) is 5.78 Å². The third-order valence-corrected chi connectivity index (χ3v) is 5.11. The van der Waals surface area contributed by atoms with Crippen molar-refractivity contribution >= 4 is 29.4 Å². The van der Waals surface area contributed by atoms with Crippen LogP contribution in [0.4, 0.5) is 5.95 Å². The number of ketones is 1. The van der Waals surface area contributed by atoms with Gasteiger partial charge >= 0.3 is 0 Å². The normalized spacial score (nSPS) is 15.6.